The minimum atomic E-state index is -0.453. The Bertz CT molecular complexity index is 423. The maximum atomic E-state index is 10.4. The lowest BCUT2D eigenvalue weighted by Gasteiger charge is -2.17. The summed E-state index contributed by atoms with van der Waals surface area (Å²) in [6, 6.07) is 5.70. The van der Waals surface area contributed by atoms with E-state index in [2.05, 4.69) is 6.08 Å². The predicted molar refractivity (Wildman–Crippen MR) is 72.3 cm³/mol. The van der Waals surface area contributed by atoms with E-state index >= 15 is 0 Å². The Morgan fingerprint density at radius 2 is 2.06 bits per heavy atom. The average molecular weight is 251 g/mol. The van der Waals surface area contributed by atoms with Crippen LogP contribution in [-0.2, 0) is 0 Å². The van der Waals surface area contributed by atoms with Crippen molar-refractivity contribution in [3.8, 4) is 0 Å². The van der Waals surface area contributed by atoms with Gasteiger partial charge in [-0.05, 0) is 61.4 Å². The van der Waals surface area contributed by atoms with Gasteiger partial charge in [0.25, 0.3) is 0 Å². The van der Waals surface area contributed by atoms with E-state index in [9.17, 15) is 5.11 Å². The summed E-state index contributed by atoms with van der Waals surface area (Å²) >= 11 is 5.94. The fraction of sp³-hybridized carbons (Fsp3) is 0.467. The summed E-state index contributed by atoms with van der Waals surface area (Å²) in [7, 11) is 0. The quantitative estimate of drug-likeness (QED) is 0.763. The van der Waals surface area contributed by atoms with Crippen LogP contribution in [0, 0.1) is 6.92 Å². The molecule has 1 N–H and O–H groups in total. The van der Waals surface area contributed by atoms with E-state index in [4.69, 9.17) is 11.6 Å². The molecular formula is C15H19ClO. The second kappa shape index (κ2) is 5.70. The molecule has 1 unspecified atom stereocenters. The molecule has 2 rings (SSSR count). The summed E-state index contributed by atoms with van der Waals surface area (Å²) in [6.07, 6.45) is 7.58. The highest BCUT2D eigenvalue weighted by Gasteiger charge is 2.16. The standard InChI is InChI=1S/C15H19ClO/c1-11-10-13(16)8-9-14(11)15(17)12-6-4-2-3-5-7-12/h6,8-10,15,17H,2-5,7H2,1H3. The summed E-state index contributed by atoms with van der Waals surface area (Å²) < 4.78 is 0. The van der Waals surface area contributed by atoms with Gasteiger partial charge in [-0.15, -0.1) is 0 Å². The fourth-order valence-electron chi connectivity index (χ4n) is 2.43. The van der Waals surface area contributed by atoms with Gasteiger partial charge in [0, 0.05) is 5.02 Å². The molecule has 0 bridgehead atoms. The van der Waals surface area contributed by atoms with Gasteiger partial charge in [0.2, 0.25) is 0 Å². The van der Waals surface area contributed by atoms with Crippen molar-refractivity contribution < 1.29 is 5.11 Å². The van der Waals surface area contributed by atoms with Gasteiger partial charge >= 0.3 is 0 Å². The Balaban J connectivity index is 2.23. The van der Waals surface area contributed by atoms with E-state index < -0.39 is 6.10 Å². The predicted octanol–water partition coefficient (Wildman–Crippen LogP) is 4.57. The van der Waals surface area contributed by atoms with Gasteiger partial charge in [0.05, 0.1) is 0 Å². The molecule has 1 atom stereocenters. The Hall–Kier alpha value is -0.790. The first kappa shape index (κ1) is 12.7. The molecule has 92 valence electrons. The van der Waals surface area contributed by atoms with E-state index in [-0.39, 0.29) is 0 Å². The van der Waals surface area contributed by atoms with Crippen molar-refractivity contribution in [3.05, 3.63) is 46.0 Å². The summed E-state index contributed by atoms with van der Waals surface area (Å²) in [5.74, 6) is 0. The van der Waals surface area contributed by atoms with Gasteiger partial charge in [-0.2, -0.15) is 0 Å². The number of benzene rings is 1. The Morgan fingerprint density at radius 3 is 2.82 bits per heavy atom. The monoisotopic (exact) mass is 250 g/mol. The van der Waals surface area contributed by atoms with E-state index in [0.29, 0.717) is 0 Å². The van der Waals surface area contributed by atoms with Crippen molar-refractivity contribution in [1.29, 1.82) is 0 Å². The number of halogens is 1. The molecule has 17 heavy (non-hydrogen) atoms. The minimum Gasteiger partial charge on any atom is -0.384 e. The second-order valence-corrected chi connectivity index (χ2v) is 5.22. The summed E-state index contributed by atoms with van der Waals surface area (Å²) in [5.41, 5.74) is 3.23. The molecule has 0 radical (unpaired) electrons. The maximum Gasteiger partial charge on any atom is 0.100 e. The molecular weight excluding hydrogens is 232 g/mol. The molecule has 0 saturated heterocycles. The lowest BCUT2D eigenvalue weighted by molar-refractivity contribution is 0.210. The zero-order valence-corrected chi connectivity index (χ0v) is 11.0. The largest absolute Gasteiger partial charge is 0.384 e. The van der Waals surface area contributed by atoms with Crippen LogP contribution in [0.2, 0.25) is 5.02 Å². The van der Waals surface area contributed by atoms with Crippen molar-refractivity contribution in [2.75, 3.05) is 0 Å². The van der Waals surface area contributed by atoms with E-state index in [1.54, 1.807) is 0 Å². The molecule has 0 amide bonds. The second-order valence-electron chi connectivity index (χ2n) is 4.78. The van der Waals surface area contributed by atoms with Crippen LogP contribution in [-0.4, -0.2) is 5.11 Å². The summed E-state index contributed by atoms with van der Waals surface area (Å²) in [5, 5.41) is 11.2. The first-order valence-corrected chi connectivity index (χ1v) is 6.69. The smallest absolute Gasteiger partial charge is 0.100 e. The minimum absolute atomic E-state index is 0.453. The SMILES string of the molecule is Cc1cc(Cl)ccc1C(O)C1=CCCCCC1. The molecule has 0 heterocycles. The van der Waals surface area contributed by atoms with Crippen LogP contribution in [0.15, 0.2) is 29.8 Å². The molecule has 0 saturated carbocycles. The zero-order valence-electron chi connectivity index (χ0n) is 10.2. The number of hydrogen-bond donors (Lipinski definition) is 1. The maximum absolute atomic E-state index is 10.4. The Morgan fingerprint density at radius 1 is 1.24 bits per heavy atom. The van der Waals surface area contributed by atoms with E-state index in [1.165, 1.54) is 24.8 Å². The number of aliphatic hydroxyl groups excluding tert-OH is 1. The summed E-state index contributed by atoms with van der Waals surface area (Å²) in [6.45, 7) is 2.00. The molecule has 0 aliphatic heterocycles. The molecule has 0 spiro atoms. The third-order valence-electron chi connectivity index (χ3n) is 3.45. The molecule has 0 aromatic heterocycles. The van der Waals surface area contributed by atoms with Crippen molar-refractivity contribution in [1.82, 2.24) is 0 Å². The summed E-state index contributed by atoms with van der Waals surface area (Å²) in [4.78, 5) is 0. The molecule has 2 heteroatoms. The van der Waals surface area contributed by atoms with Crippen LogP contribution in [0.3, 0.4) is 0 Å². The highest BCUT2D eigenvalue weighted by molar-refractivity contribution is 6.30. The highest BCUT2D eigenvalue weighted by Crippen LogP contribution is 2.31. The number of aliphatic hydroxyl groups is 1. The van der Waals surface area contributed by atoms with E-state index in [1.807, 2.05) is 25.1 Å². The molecule has 1 aromatic carbocycles. The van der Waals surface area contributed by atoms with Crippen molar-refractivity contribution in [2.24, 2.45) is 0 Å². The Labute approximate surface area is 108 Å². The van der Waals surface area contributed by atoms with Gasteiger partial charge in [-0.3, -0.25) is 0 Å². The van der Waals surface area contributed by atoms with Crippen LogP contribution in [0.25, 0.3) is 0 Å². The number of allylic oxidation sites excluding steroid dienone is 1. The van der Waals surface area contributed by atoms with Gasteiger partial charge in [0.15, 0.2) is 0 Å². The molecule has 1 nitrogen and oxygen atoms in total. The van der Waals surface area contributed by atoms with Crippen LogP contribution >= 0.6 is 11.6 Å². The van der Waals surface area contributed by atoms with Crippen LogP contribution in [0.4, 0.5) is 0 Å². The van der Waals surface area contributed by atoms with Gasteiger partial charge in [-0.1, -0.05) is 30.2 Å². The zero-order chi connectivity index (χ0) is 12.3. The van der Waals surface area contributed by atoms with Crippen LogP contribution in [0.1, 0.15) is 49.3 Å². The third kappa shape index (κ3) is 3.11. The first-order chi connectivity index (χ1) is 8.18. The topological polar surface area (TPSA) is 20.2 Å². The third-order valence-corrected chi connectivity index (χ3v) is 3.69. The van der Waals surface area contributed by atoms with Gasteiger partial charge in [-0.25, -0.2) is 0 Å². The van der Waals surface area contributed by atoms with Gasteiger partial charge < -0.3 is 5.11 Å². The number of rotatable bonds is 2. The molecule has 1 aliphatic rings. The molecule has 1 aliphatic carbocycles. The number of aryl methyl sites for hydroxylation is 1. The van der Waals surface area contributed by atoms with Crippen molar-refractivity contribution >= 4 is 11.6 Å². The first-order valence-electron chi connectivity index (χ1n) is 6.31. The Kier molecular flexibility index (Phi) is 4.25. The molecule has 0 fully saturated rings. The normalized spacial score (nSPS) is 18.4. The fourth-order valence-corrected chi connectivity index (χ4v) is 2.66. The molecule has 1 aromatic rings. The average Bonchev–Trinajstić information content (AvgIpc) is 2.56. The lowest BCUT2D eigenvalue weighted by atomic mass is 9.95. The van der Waals surface area contributed by atoms with Crippen LogP contribution in [0.5, 0.6) is 0 Å². The van der Waals surface area contributed by atoms with E-state index in [0.717, 1.165) is 29.0 Å². The highest BCUT2D eigenvalue weighted by atomic mass is 35.5. The van der Waals surface area contributed by atoms with Gasteiger partial charge in [0.1, 0.15) is 6.10 Å². The number of hydrogen-bond acceptors (Lipinski definition) is 1. The van der Waals surface area contributed by atoms with Crippen molar-refractivity contribution in [2.45, 2.75) is 45.1 Å². The lowest BCUT2D eigenvalue weighted by Crippen LogP contribution is -2.03. The van der Waals surface area contributed by atoms with Crippen LogP contribution < -0.4 is 0 Å². The van der Waals surface area contributed by atoms with Crippen molar-refractivity contribution in [3.63, 3.8) is 0 Å².